The fourth-order valence-electron chi connectivity index (χ4n) is 5.66. The number of aliphatic imine (C=N–C) groups is 1. The molecule has 5 aromatic rings. The molecule has 0 atom stereocenters. The Morgan fingerprint density at radius 2 is 1.72 bits per heavy atom. The van der Waals surface area contributed by atoms with Crippen LogP contribution in [0, 0.1) is 5.82 Å². The van der Waals surface area contributed by atoms with Gasteiger partial charge in [-0.3, -0.25) is 9.30 Å². The van der Waals surface area contributed by atoms with Gasteiger partial charge in [-0.25, -0.2) is 22.2 Å². The fourth-order valence-corrected chi connectivity index (χ4v) is 6.17. The Hall–Kier alpha value is -4.83. The third-order valence-electron chi connectivity index (χ3n) is 8.10. The summed E-state index contributed by atoms with van der Waals surface area (Å²) in [5, 5.41) is 1.31. The maximum absolute atomic E-state index is 14.4. The zero-order valence-electron chi connectivity index (χ0n) is 26.0. The zero-order valence-corrected chi connectivity index (χ0v) is 26.8. The summed E-state index contributed by atoms with van der Waals surface area (Å²) in [6.45, 7) is 1.99. The first-order valence-electron chi connectivity index (χ1n) is 15.0. The lowest BCUT2D eigenvalue weighted by atomic mass is 9.95. The number of fused-ring (bicyclic) bond motifs is 2. The Morgan fingerprint density at radius 1 is 0.978 bits per heavy atom. The molecular weight excluding hydrogens is 608 g/mol. The van der Waals surface area contributed by atoms with Crippen LogP contribution < -0.4 is 15.1 Å². The van der Waals surface area contributed by atoms with E-state index < -0.39 is 10.0 Å². The van der Waals surface area contributed by atoms with Crippen molar-refractivity contribution in [3.05, 3.63) is 94.7 Å². The first kappa shape index (κ1) is 31.2. The van der Waals surface area contributed by atoms with Gasteiger partial charge in [0.15, 0.2) is 5.42 Å². The maximum Gasteiger partial charge on any atom is 0.232 e. The highest BCUT2D eigenvalue weighted by Crippen LogP contribution is 2.42. The second kappa shape index (κ2) is 12.5. The standard InChI is InChI=1S/C36H33F2N3O4S/c1-5-29(39-2)34-28-20-27(31(41(3)46(4,42)43)21-32(28)44-35(34)22-14-16-25(37)17-15-22)23-10-9-11-24(18-23)36-40-30-13-8-6-7-12-26(38)19-33(30)45-36/h9-21H,5-8H2,1-4H3/b26-12?,30-13?,33-19+,39-29?. The number of rotatable bonds is 7. The first-order chi connectivity index (χ1) is 22.1. The third-order valence-corrected chi connectivity index (χ3v) is 9.29. The summed E-state index contributed by atoms with van der Waals surface area (Å²) in [5.74, 6) is 0.0954. The van der Waals surface area contributed by atoms with E-state index in [0.717, 1.165) is 35.8 Å². The lowest BCUT2D eigenvalue weighted by Gasteiger charge is -2.21. The van der Waals surface area contributed by atoms with E-state index in [1.807, 2.05) is 43.3 Å². The molecule has 7 nitrogen and oxygen atoms in total. The van der Waals surface area contributed by atoms with Crippen molar-refractivity contribution in [3.8, 4) is 33.9 Å². The minimum atomic E-state index is -3.67. The lowest BCUT2D eigenvalue weighted by molar-refractivity contribution is 0.537. The van der Waals surface area contributed by atoms with Crippen LogP contribution in [0.2, 0.25) is 0 Å². The monoisotopic (exact) mass is 641 g/mol. The van der Waals surface area contributed by atoms with E-state index >= 15 is 0 Å². The third kappa shape index (κ3) is 6.04. The molecule has 0 bridgehead atoms. The van der Waals surface area contributed by atoms with Gasteiger partial charge in [0, 0.05) is 59.6 Å². The number of allylic oxidation sites excluding steroid dienone is 2. The van der Waals surface area contributed by atoms with Crippen LogP contribution in [0.15, 0.2) is 86.4 Å². The van der Waals surface area contributed by atoms with Crippen molar-refractivity contribution in [1.29, 1.82) is 0 Å². The van der Waals surface area contributed by atoms with E-state index in [9.17, 15) is 17.2 Å². The number of benzene rings is 3. The maximum atomic E-state index is 14.4. The first-order valence-corrected chi connectivity index (χ1v) is 16.8. The molecule has 6 rings (SSSR count). The Balaban J connectivity index is 1.60. The number of halogens is 2. The molecule has 0 amide bonds. The summed E-state index contributed by atoms with van der Waals surface area (Å²) < 4.78 is 67.6. The molecular formula is C36H33F2N3O4S. The molecule has 0 fully saturated rings. The van der Waals surface area contributed by atoms with Crippen molar-refractivity contribution in [1.82, 2.24) is 4.98 Å². The highest BCUT2D eigenvalue weighted by atomic mass is 32.2. The second-order valence-electron chi connectivity index (χ2n) is 11.2. The van der Waals surface area contributed by atoms with Gasteiger partial charge in [-0.1, -0.05) is 25.1 Å². The zero-order chi connectivity index (χ0) is 32.6. The molecule has 0 unspecified atom stereocenters. The minimum absolute atomic E-state index is 0.320. The molecule has 0 N–H and O–H groups in total. The molecule has 0 saturated heterocycles. The molecule has 10 heteroatoms. The average molecular weight is 642 g/mol. The molecule has 0 saturated carbocycles. The van der Waals surface area contributed by atoms with Gasteiger partial charge >= 0.3 is 0 Å². The summed E-state index contributed by atoms with van der Waals surface area (Å²) in [5.41, 5.74) is 5.36. The average Bonchev–Trinajstić information content (AvgIpc) is 3.63. The summed E-state index contributed by atoms with van der Waals surface area (Å²) in [4.78, 5) is 9.20. The number of hydrogen-bond donors (Lipinski definition) is 0. The Kier molecular flexibility index (Phi) is 8.48. The normalized spacial score (nSPS) is 14.8. The van der Waals surface area contributed by atoms with Gasteiger partial charge in [0.1, 0.15) is 28.3 Å². The summed E-state index contributed by atoms with van der Waals surface area (Å²) in [7, 11) is -0.475. The molecule has 2 aromatic heterocycles. The Bertz CT molecular complexity index is 2250. The topological polar surface area (TPSA) is 88.9 Å². The second-order valence-corrected chi connectivity index (χ2v) is 13.2. The predicted octanol–water partition coefficient (Wildman–Crippen LogP) is 7.38. The van der Waals surface area contributed by atoms with E-state index in [1.54, 1.807) is 31.3 Å². The number of nitrogens with zero attached hydrogens (tertiary/aromatic N) is 3. The van der Waals surface area contributed by atoms with Gasteiger partial charge < -0.3 is 8.83 Å². The predicted molar refractivity (Wildman–Crippen MR) is 180 cm³/mol. The van der Waals surface area contributed by atoms with Crippen LogP contribution in [0.5, 0.6) is 0 Å². The lowest BCUT2D eigenvalue weighted by Crippen LogP contribution is -2.25. The number of furan rings is 1. The number of oxazole rings is 1. The van der Waals surface area contributed by atoms with Crippen LogP contribution >= 0.6 is 0 Å². The van der Waals surface area contributed by atoms with E-state index in [0.29, 0.717) is 68.8 Å². The number of aromatic nitrogens is 1. The quantitative estimate of drug-likeness (QED) is 0.173. The van der Waals surface area contributed by atoms with Crippen LogP contribution in [0.25, 0.3) is 57.0 Å². The molecule has 0 spiro atoms. The Morgan fingerprint density at radius 3 is 2.43 bits per heavy atom. The smallest absolute Gasteiger partial charge is 0.232 e. The highest BCUT2D eigenvalue weighted by molar-refractivity contribution is 7.92. The largest absolute Gasteiger partial charge is 0.455 e. The number of hydrogen-bond acceptors (Lipinski definition) is 6. The van der Waals surface area contributed by atoms with Crippen molar-refractivity contribution in [3.63, 3.8) is 0 Å². The van der Waals surface area contributed by atoms with Crippen LogP contribution in [0.4, 0.5) is 14.5 Å². The van der Waals surface area contributed by atoms with Gasteiger partial charge in [-0.15, -0.1) is 0 Å². The molecule has 1 aliphatic rings. The fraction of sp³-hybridized carbons (Fsp3) is 0.222. The van der Waals surface area contributed by atoms with Crippen molar-refractivity contribution < 1.29 is 26.0 Å². The van der Waals surface area contributed by atoms with Crippen LogP contribution in [-0.2, 0) is 10.0 Å². The summed E-state index contributed by atoms with van der Waals surface area (Å²) in [6, 6.07) is 17.1. The molecule has 1 aliphatic carbocycles. The SMILES string of the molecule is CCC(=NC)c1c(-c2ccc(F)cc2)oc2cc(N(C)S(C)(=O)=O)c(-c3cccc(-c4nc5/c(o4)=C\C(F)=CCCCC=5)c3)cc12. The van der Waals surface area contributed by atoms with Crippen molar-refractivity contribution in [2.75, 3.05) is 24.7 Å². The molecule has 46 heavy (non-hydrogen) atoms. The van der Waals surface area contributed by atoms with E-state index in [1.165, 1.54) is 29.6 Å². The minimum Gasteiger partial charge on any atom is -0.455 e. The molecule has 3 aromatic carbocycles. The van der Waals surface area contributed by atoms with E-state index in [4.69, 9.17) is 8.83 Å². The molecule has 236 valence electrons. The highest BCUT2D eigenvalue weighted by Gasteiger charge is 2.25. The molecule has 0 radical (unpaired) electrons. The summed E-state index contributed by atoms with van der Waals surface area (Å²) in [6.07, 6.45) is 8.77. The van der Waals surface area contributed by atoms with E-state index in [2.05, 4.69) is 9.98 Å². The van der Waals surface area contributed by atoms with Gasteiger partial charge in [0.25, 0.3) is 0 Å². The van der Waals surface area contributed by atoms with Crippen LogP contribution in [0.1, 0.15) is 38.2 Å². The van der Waals surface area contributed by atoms with Gasteiger partial charge in [-0.2, -0.15) is 0 Å². The molecule has 0 aliphatic heterocycles. The van der Waals surface area contributed by atoms with Gasteiger partial charge in [-0.05, 0) is 79.8 Å². The van der Waals surface area contributed by atoms with Gasteiger partial charge in [0.2, 0.25) is 15.9 Å². The van der Waals surface area contributed by atoms with Crippen LogP contribution in [0.3, 0.4) is 0 Å². The van der Waals surface area contributed by atoms with Crippen molar-refractivity contribution >= 4 is 44.5 Å². The number of anilines is 1. The molecule has 2 heterocycles. The van der Waals surface area contributed by atoms with E-state index in [-0.39, 0.29) is 11.6 Å². The van der Waals surface area contributed by atoms with Crippen molar-refractivity contribution in [2.45, 2.75) is 32.6 Å². The van der Waals surface area contributed by atoms with Gasteiger partial charge in [0.05, 0.1) is 11.9 Å². The van der Waals surface area contributed by atoms with Crippen LogP contribution in [-0.4, -0.2) is 39.5 Å². The van der Waals surface area contributed by atoms with Crippen molar-refractivity contribution in [2.24, 2.45) is 4.99 Å². The number of sulfonamides is 1. The summed E-state index contributed by atoms with van der Waals surface area (Å²) >= 11 is 0. The Labute approximate surface area is 266 Å².